The van der Waals surface area contributed by atoms with Crippen LogP contribution >= 0.6 is 12.2 Å². The Bertz CT molecular complexity index is 486. The molecule has 0 atom stereocenters. The number of hydrogen-bond donors (Lipinski definition) is 2. The summed E-state index contributed by atoms with van der Waals surface area (Å²) in [4.78, 5) is 22.8. The van der Waals surface area contributed by atoms with Gasteiger partial charge in [-0.3, -0.25) is 4.79 Å². The van der Waals surface area contributed by atoms with Crippen LogP contribution in [0.25, 0.3) is 0 Å². The molecule has 0 radical (unpaired) electrons. The van der Waals surface area contributed by atoms with E-state index < -0.39 is 5.97 Å². The van der Waals surface area contributed by atoms with Crippen molar-refractivity contribution in [2.45, 2.75) is 26.2 Å². The molecule has 2 N–H and O–H groups in total. The Balaban J connectivity index is 2.50. The van der Waals surface area contributed by atoms with Crippen LogP contribution in [-0.4, -0.2) is 24.1 Å². The van der Waals surface area contributed by atoms with Crippen LogP contribution in [0.2, 0.25) is 0 Å². The second-order valence-electron chi connectivity index (χ2n) is 4.17. The number of nitrogens with one attached hydrogen (secondary N) is 2. The lowest BCUT2D eigenvalue weighted by atomic mass is 10.2. The lowest BCUT2D eigenvalue weighted by molar-refractivity contribution is -0.119. The number of methoxy groups -OCH3 is 1. The van der Waals surface area contributed by atoms with Crippen molar-refractivity contribution in [1.29, 1.82) is 0 Å². The molecular formula is C14H18N2O3S. The maximum Gasteiger partial charge on any atom is 0.337 e. The van der Waals surface area contributed by atoms with Gasteiger partial charge in [-0.05, 0) is 42.9 Å². The minimum Gasteiger partial charge on any atom is -0.465 e. The van der Waals surface area contributed by atoms with Crippen molar-refractivity contribution in [3.05, 3.63) is 29.8 Å². The summed E-state index contributed by atoms with van der Waals surface area (Å²) in [6, 6.07) is 6.62. The van der Waals surface area contributed by atoms with Gasteiger partial charge in [0.2, 0.25) is 5.91 Å². The van der Waals surface area contributed by atoms with Crippen LogP contribution in [0.1, 0.15) is 36.5 Å². The van der Waals surface area contributed by atoms with E-state index in [4.69, 9.17) is 12.2 Å². The first-order valence-electron chi connectivity index (χ1n) is 6.36. The third kappa shape index (κ3) is 5.36. The van der Waals surface area contributed by atoms with Crippen LogP contribution in [0.5, 0.6) is 0 Å². The Labute approximate surface area is 123 Å². The van der Waals surface area contributed by atoms with E-state index in [1.807, 2.05) is 6.92 Å². The van der Waals surface area contributed by atoms with Gasteiger partial charge in [-0.2, -0.15) is 0 Å². The quantitative estimate of drug-likeness (QED) is 0.645. The molecule has 1 amide bonds. The van der Waals surface area contributed by atoms with Gasteiger partial charge in [0.1, 0.15) is 0 Å². The number of esters is 1. The van der Waals surface area contributed by atoms with Crippen molar-refractivity contribution in [2.75, 3.05) is 12.4 Å². The maximum atomic E-state index is 11.5. The van der Waals surface area contributed by atoms with E-state index in [-0.39, 0.29) is 11.0 Å². The topological polar surface area (TPSA) is 67.4 Å². The smallest absolute Gasteiger partial charge is 0.337 e. The first-order chi connectivity index (χ1) is 9.56. The Morgan fingerprint density at radius 3 is 2.45 bits per heavy atom. The van der Waals surface area contributed by atoms with Crippen molar-refractivity contribution < 1.29 is 14.3 Å². The molecule has 0 saturated heterocycles. The average Bonchev–Trinajstić information content (AvgIpc) is 2.45. The largest absolute Gasteiger partial charge is 0.465 e. The fourth-order valence-corrected chi connectivity index (χ4v) is 1.73. The van der Waals surface area contributed by atoms with Crippen LogP contribution in [-0.2, 0) is 9.53 Å². The fraction of sp³-hybridized carbons (Fsp3) is 0.357. The minimum absolute atomic E-state index is 0.101. The predicted molar refractivity (Wildman–Crippen MR) is 81.7 cm³/mol. The van der Waals surface area contributed by atoms with Crippen LogP contribution in [0.4, 0.5) is 5.69 Å². The molecule has 108 valence electrons. The predicted octanol–water partition coefficient (Wildman–Crippen LogP) is 2.48. The molecule has 20 heavy (non-hydrogen) atoms. The van der Waals surface area contributed by atoms with E-state index >= 15 is 0 Å². The molecule has 1 aromatic carbocycles. The summed E-state index contributed by atoms with van der Waals surface area (Å²) in [6.07, 6.45) is 2.25. The van der Waals surface area contributed by atoms with E-state index in [1.165, 1.54) is 7.11 Å². The molecule has 6 heteroatoms. The van der Waals surface area contributed by atoms with Crippen LogP contribution in [0.3, 0.4) is 0 Å². The number of thiocarbonyl (C=S) groups is 1. The van der Waals surface area contributed by atoms with E-state index in [1.54, 1.807) is 24.3 Å². The number of ether oxygens (including phenoxy) is 1. The van der Waals surface area contributed by atoms with Crippen LogP contribution in [0.15, 0.2) is 24.3 Å². The van der Waals surface area contributed by atoms with E-state index in [2.05, 4.69) is 15.4 Å². The van der Waals surface area contributed by atoms with E-state index in [0.717, 1.165) is 12.8 Å². The molecule has 0 fully saturated rings. The summed E-state index contributed by atoms with van der Waals surface area (Å²) in [5.74, 6) is -0.498. The number of rotatable bonds is 5. The van der Waals surface area contributed by atoms with E-state index in [0.29, 0.717) is 17.7 Å². The van der Waals surface area contributed by atoms with Crippen molar-refractivity contribution in [1.82, 2.24) is 5.32 Å². The fourth-order valence-electron chi connectivity index (χ4n) is 1.50. The lowest BCUT2D eigenvalue weighted by Crippen LogP contribution is -2.33. The number of carbonyl (C=O) groups excluding carboxylic acids is 2. The molecule has 0 aromatic heterocycles. The Hall–Kier alpha value is -1.95. The van der Waals surface area contributed by atoms with Crippen LogP contribution < -0.4 is 10.6 Å². The highest BCUT2D eigenvalue weighted by Crippen LogP contribution is 2.10. The number of unbranched alkanes of at least 4 members (excludes halogenated alkanes) is 1. The molecular weight excluding hydrogens is 276 g/mol. The van der Waals surface area contributed by atoms with Gasteiger partial charge in [-0.1, -0.05) is 13.3 Å². The Kier molecular flexibility index (Phi) is 6.66. The standard InChI is InChI=1S/C14H18N2O3S/c1-3-4-5-12(17)16-14(20)15-11-8-6-10(7-9-11)13(18)19-2/h6-9H,3-5H2,1-2H3,(H2,15,16,17,20). The SMILES string of the molecule is CCCCC(=O)NC(=S)Nc1ccc(C(=O)OC)cc1. The van der Waals surface area contributed by atoms with Crippen molar-refractivity contribution >= 4 is 34.9 Å². The third-order valence-electron chi connectivity index (χ3n) is 2.57. The summed E-state index contributed by atoms with van der Waals surface area (Å²) in [7, 11) is 1.33. The van der Waals surface area contributed by atoms with Crippen molar-refractivity contribution in [3.8, 4) is 0 Å². The molecule has 0 spiro atoms. The second-order valence-corrected chi connectivity index (χ2v) is 4.58. The van der Waals surface area contributed by atoms with Gasteiger partial charge in [0, 0.05) is 12.1 Å². The van der Waals surface area contributed by atoms with Gasteiger partial charge in [-0.15, -0.1) is 0 Å². The Morgan fingerprint density at radius 2 is 1.90 bits per heavy atom. The zero-order chi connectivity index (χ0) is 15.0. The Morgan fingerprint density at radius 1 is 1.25 bits per heavy atom. The zero-order valence-corrected chi connectivity index (χ0v) is 12.4. The summed E-state index contributed by atoms with van der Waals surface area (Å²) in [5, 5.41) is 5.73. The maximum absolute atomic E-state index is 11.5. The highest BCUT2D eigenvalue weighted by atomic mass is 32.1. The molecule has 0 unspecified atom stereocenters. The molecule has 0 aliphatic carbocycles. The number of amides is 1. The summed E-state index contributed by atoms with van der Waals surface area (Å²) in [5.41, 5.74) is 1.15. The highest BCUT2D eigenvalue weighted by Gasteiger charge is 2.06. The summed E-state index contributed by atoms with van der Waals surface area (Å²) >= 11 is 5.04. The van der Waals surface area contributed by atoms with Crippen molar-refractivity contribution in [2.24, 2.45) is 0 Å². The first-order valence-corrected chi connectivity index (χ1v) is 6.77. The summed E-state index contributed by atoms with van der Waals surface area (Å²) in [6.45, 7) is 2.02. The molecule has 0 bridgehead atoms. The molecule has 0 aliphatic heterocycles. The minimum atomic E-state index is -0.396. The van der Waals surface area contributed by atoms with Gasteiger partial charge < -0.3 is 15.4 Å². The van der Waals surface area contributed by atoms with Gasteiger partial charge in [-0.25, -0.2) is 4.79 Å². The number of carbonyl (C=O) groups is 2. The third-order valence-corrected chi connectivity index (χ3v) is 2.78. The lowest BCUT2D eigenvalue weighted by Gasteiger charge is -2.09. The second kappa shape index (κ2) is 8.27. The molecule has 1 aromatic rings. The summed E-state index contributed by atoms with van der Waals surface area (Å²) < 4.78 is 4.61. The van der Waals surface area contributed by atoms with Crippen LogP contribution in [0, 0.1) is 0 Å². The molecule has 0 saturated carbocycles. The highest BCUT2D eigenvalue weighted by molar-refractivity contribution is 7.80. The number of anilines is 1. The van der Waals surface area contributed by atoms with Gasteiger partial charge in [0.25, 0.3) is 0 Å². The molecule has 1 rings (SSSR count). The molecule has 5 nitrogen and oxygen atoms in total. The monoisotopic (exact) mass is 294 g/mol. The van der Waals surface area contributed by atoms with Crippen molar-refractivity contribution in [3.63, 3.8) is 0 Å². The molecule has 0 aliphatic rings. The molecule has 0 heterocycles. The van der Waals surface area contributed by atoms with Gasteiger partial charge in [0.15, 0.2) is 5.11 Å². The van der Waals surface area contributed by atoms with E-state index in [9.17, 15) is 9.59 Å². The number of hydrogen-bond acceptors (Lipinski definition) is 4. The normalized spacial score (nSPS) is 9.70. The zero-order valence-electron chi connectivity index (χ0n) is 11.6. The average molecular weight is 294 g/mol. The van der Waals surface area contributed by atoms with Gasteiger partial charge in [0.05, 0.1) is 12.7 Å². The first kappa shape index (κ1) is 16.1. The van der Waals surface area contributed by atoms with Gasteiger partial charge >= 0.3 is 5.97 Å². The number of benzene rings is 1.